The second kappa shape index (κ2) is 8.84. The number of nitrogens with one attached hydrogen (secondary N) is 3. The zero-order chi connectivity index (χ0) is 24.6. The van der Waals surface area contributed by atoms with Crippen molar-refractivity contribution in [2.24, 2.45) is 5.73 Å². The quantitative estimate of drug-likeness (QED) is 0.343. The van der Waals surface area contributed by atoms with Crippen LogP contribution in [0.3, 0.4) is 0 Å². The highest BCUT2D eigenvalue weighted by Gasteiger charge is 2.37. The summed E-state index contributed by atoms with van der Waals surface area (Å²) in [5.74, 6) is 0.0374. The Morgan fingerprint density at radius 1 is 1.14 bits per heavy atom. The predicted molar refractivity (Wildman–Crippen MR) is 136 cm³/mol. The topological polar surface area (TPSA) is 129 Å². The summed E-state index contributed by atoms with van der Waals surface area (Å²) in [5, 5.41) is 7.25. The molecule has 0 atom stereocenters. The van der Waals surface area contributed by atoms with Crippen LogP contribution in [0, 0.1) is 0 Å². The molecule has 0 spiro atoms. The highest BCUT2D eigenvalue weighted by molar-refractivity contribution is 6.08. The molecule has 4 heterocycles. The number of hydrogen-bond donors (Lipinski definition) is 4. The molecule has 1 aliphatic heterocycles. The van der Waals surface area contributed by atoms with Crippen molar-refractivity contribution >= 4 is 40.0 Å². The molecule has 1 aromatic carbocycles. The highest BCUT2D eigenvalue weighted by atomic mass is 16.2. The van der Waals surface area contributed by atoms with Gasteiger partial charge in [0.25, 0.3) is 5.91 Å². The van der Waals surface area contributed by atoms with Gasteiger partial charge in [0.15, 0.2) is 0 Å². The molecule has 5 rings (SSSR count). The number of nitrogens with two attached hydrogens (primary N) is 1. The van der Waals surface area contributed by atoms with Crippen molar-refractivity contribution in [3.8, 4) is 0 Å². The molecule has 0 radical (unpaired) electrons. The predicted octanol–water partition coefficient (Wildman–Crippen LogP) is 3.41. The lowest BCUT2D eigenvalue weighted by Crippen LogP contribution is -2.37. The molecule has 0 bridgehead atoms. The van der Waals surface area contributed by atoms with Crippen LogP contribution in [0.5, 0.6) is 0 Å². The molecule has 1 aliphatic rings. The summed E-state index contributed by atoms with van der Waals surface area (Å²) in [4.78, 5) is 39.1. The van der Waals surface area contributed by atoms with Crippen LogP contribution < -0.4 is 21.3 Å². The van der Waals surface area contributed by atoms with Gasteiger partial charge in [-0.15, -0.1) is 0 Å². The summed E-state index contributed by atoms with van der Waals surface area (Å²) >= 11 is 0. The summed E-state index contributed by atoms with van der Waals surface area (Å²) in [6.07, 6.45) is 5.24. The van der Waals surface area contributed by atoms with Crippen LogP contribution in [-0.4, -0.2) is 39.9 Å². The van der Waals surface area contributed by atoms with Gasteiger partial charge in [-0.2, -0.15) is 0 Å². The molecule has 35 heavy (non-hydrogen) atoms. The number of aromatic amines is 1. The van der Waals surface area contributed by atoms with Gasteiger partial charge < -0.3 is 26.3 Å². The van der Waals surface area contributed by atoms with Crippen LogP contribution >= 0.6 is 0 Å². The van der Waals surface area contributed by atoms with Crippen LogP contribution in [0.2, 0.25) is 0 Å². The van der Waals surface area contributed by atoms with E-state index in [-0.39, 0.29) is 23.8 Å². The van der Waals surface area contributed by atoms with E-state index in [1.54, 1.807) is 29.4 Å². The second-order valence-corrected chi connectivity index (χ2v) is 9.22. The van der Waals surface area contributed by atoms with E-state index in [2.05, 4.69) is 39.4 Å². The second-order valence-electron chi connectivity index (χ2n) is 9.22. The molecule has 4 aromatic rings. The summed E-state index contributed by atoms with van der Waals surface area (Å²) in [6.45, 7) is 5.15. The fourth-order valence-electron chi connectivity index (χ4n) is 4.58. The number of carbonyl (C=O) groups is 2. The molecule has 2 amide bonds. The standard InChI is InChI=1S/C26H27N7O2/c1-26(2)15-33(22(34)13-27)21-12-17(5-6-20(21)26)32-25(35)19-4-3-9-28-24(19)31-14-16-7-10-29-23-18(16)8-11-30-23/h3-12H,13-15,27H2,1-2H3,(H,28,31)(H,29,30)(H,32,35). The first kappa shape index (κ1) is 22.5. The minimum Gasteiger partial charge on any atom is -0.365 e. The van der Waals surface area contributed by atoms with Crippen molar-refractivity contribution in [3.05, 3.63) is 77.7 Å². The van der Waals surface area contributed by atoms with E-state index < -0.39 is 0 Å². The van der Waals surface area contributed by atoms with Gasteiger partial charge in [0.1, 0.15) is 11.5 Å². The molecule has 0 saturated heterocycles. The largest absolute Gasteiger partial charge is 0.365 e. The fraction of sp³-hybridized carbons (Fsp3) is 0.231. The van der Waals surface area contributed by atoms with Crippen LogP contribution in [0.15, 0.2) is 61.1 Å². The van der Waals surface area contributed by atoms with E-state index in [0.717, 1.165) is 27.8 Å². The van der Waals surface area contributed by atoms with Crippen molar-refractivity contribution in [1.82, 2.24) is 15.0 Å². The zero-order valence-corrected chi connectivity index (χ0v) is 19.6. The molecular weight excluding hydrogens is 442 g/mol. The number of anilines is 3. The van der Waals surface area contributed by atoms with Gasteiger partial charge in [0.2, 0.25) is 5.91 Å². The normalized spacial score (nSPS) is 14.1. The SMILES string of the molecule is CC1(C)CN(C(=O)CN)c2cc(NC(=O)c3cccnc3NCc3ccnc4[nH]ccc34)ccc21. The Balaban J connectivity index is 1.37. The van der Waals surface area contributed by atoms with E-state index >= 15 is 0 Å². The molecule has 0 unspecified atom stereocenters. The average molecular weight is 470 g/mol. The third kappa shape index (κ3) is 4.22. The molecule has 3 aromatic heterocycles. The van der Waals surface area contributed by atoms with Crippen LogP contribution in [0.25, 0.3) is 11.0 Å². The number of benzene rings is 1. The Labute approximate surface area is 202 Å². The Morgan fingerprint density at radius 2 is 2.00 bits per heavy atom. The van der Waals surface area contributed by atoms with E-state index in [1.807, 2.05) is 36.5 Å². The first-order chi connectivity index (χ1) is 16.9. The number of hydrogen-bond acceptors (Lipinski definition) is 6. The third-order valence-electron chi connectivity index (χ3n) is 6.35. The summed E-state index contributed by atoms with van der Waals surface area (Å²) in [5.41, 5.74) is 10.1. The first-order valence-corrected chi connectivity index (χ1v) is 11.4. The molecule has 9 heteroatoms. The number of pyridine rings is 2. The Morgan fingerprint density at radius 3 is 2.83 bits per heavy atom. The summed E-state index contributed by atoms with van der Waals surface area (Å²) in [7, 11) is 0. The monoisotopic (exact) mass is 469 g/mol. The van der Waals surface area contributed by atoms with Crippen molar-refractivity contribution in [2.45, 2.75) is 25.8 Å². The smallest absolute Gasteiger partial charge is 0.259 e. The maximum atomic E-state index is 13.2. The number of fused-ring (bicyclic) bond motifs is 2. The maximum absolute atomic E-state index is 13.2. The van der Waals surface area contributed by atoms with Crippen molar-refractivity contribution in [1.29, 1.82) is 0 Å². The number of nitrogens with zero attached hydrogens (tertiary/aromatic N) is 3. The molecule has 9 nitrogen and oxygen atoms in total. The van der Waals surface area contributed by atoms with Crippen LogP contribution in [-0.2, 0) is 16.8 Å². The van der Waals surface area contributed by atoms with Crippen molar-refractivity contribution in [2.75, 3.05) is 28.6 Å². The van der Waals surface area contributed by atoms with Gasteiger partial charge >= 0.3 is 0 Å². The van der Waals surface area contributed by atoms with E-state index in [0.29, 0.717) is 30.2 Å². The molecule has 0 saturated carbocycles. The van der Waals surface area contributed by atoms with Gasteiger partial charge in [-0.25, -0.2) is 9.97 Å². The van der Waals surface area contributed by atoms with Gasteiger partial charge in [-0.05, 0) is 47.5 Å². The lowest BCUT2D eigenvalue weighted by atomic mass is 9.87. The first-order valence-electron chi connectivity index (χ1n) is 11.4. The Bertz CT molecular complexity index is 1430. The fourth-order valence-corrected chi connectivity index (χ4v) is 4.58. The van der Waals surface area contributed by atoms with Crippen molar-refractivity contribution < 1.29 is 9.59 Å². The van der Waals surface area contributed by atoms with Crippen LogP contribution in [0.4, 0.5) is 17.2 Å². The van der Waals surface area contributed by atoms with Crippen LogP contribution in [0.1, 0.15) is 35.3 Å². The molecule has 0 aliphatic carbocycles. The van der Waals surface area contributed by atoms with E-state index in [4.69, 9.17) is 5.73 Å². The Hall–Kier alpha value is -4.24. The maximum Gasteiger partial charge on any atom is 0.259 e. The van der Waals surface area contributed by atoms with Gasteiger partial charge in [-0.3, -0.25) is 9.59 Å². The molecule has 178 valence electrons. The third-order valence-corrected chi connectivity index (χ3v) is 6.35. The van der Waals surface area contributed by atoms with E-state index in [1.165, 1.54) is 0 Å². The number of amides is 2. The van der Waals surface area contributed by atoms with Gasteiger partial charge in [-0.1, -0.05) is 19.9 Å². The molecule has 5 N–H and O–H groups in total. The summed E-state index contributed by atoms with van der Waals surface area (Å²) in [6, 6.07) is 13.0. The lowest BCUT2D eigenvalue weighted by molar-refractivity contribution is -0.117. The number of rotatable bonds is 6. The number of carbonyl (C=O) groups excluding carboxylic acids is 2. The minimum atomic E-state index is -0.295. The lowest BCUT2D eigenvalue weighted by Gasteiger charge is -2.20. The average Bonchev–Trinajstić information content (AvgIpc) is 3.45. The molecular formula is C26H27N7O2. The number of H-pyrrole nitrogens is 1. The molecule has 0 fully saturated rings. The Kier molecular flexibility index (Phi) is 5.70. The zero-order valence-electron chi connectivity index (χ0n) is 19.6. The summed E-state index contributed by atoms with van der Waals surface area (Å²) < 4.78 is 0. The van der Waals surface area contributed by atoms with Gasteiger partial charge in [0, 0.05) is 53.9 Å². The highest BCUT2D eigenvalue weighted by Crippen LogP contribution is 2.41. The van der Waals surface area contributed by atoms with E-state index in [9.17, 15) is 9.59 Å². The van der Waals surface area contributed by atoms with Gasteiger partial charge in [0.05, 0.1) is 12.1 Å². The van der Waals surface area contributed by atoms with Crippen molar-refractivity contribution in [3.63, 3.8) is 0 Å². The number of aromatic nitrogens is 3. The minimum absolute atomic E-state index is 0.0661.